The van der Waals surface area contributed by atoms with E-state index in [-0.39, 0.29) is 42.5 Å². The molecule has 9 nitrogen and oxygen atoms in total. The van der Waals surface area contributed by atoms with E-state index in [2.05, 4.69) is 20.4 Å². The van der Waals surface area contributed by atoms with Crippen LogP contribution in [-0.2, 0) is 9.53 Å². The summed E-state index contributed by atoms with van der Waals surface area (Å²) in [4.78, 5) is 30.3. The van der Waals surface area contributed by atoms with Crippen LogP contribution in [0.25, 0.3) is 0 Å². The maximum Gasteiger partial charge on any atom is 0.422 e. The van der Waals surface area contributed by atoms with Gasteiger partial charge in [0.2, 0.25) is 17.7 Å². The van der Waals surface area contributed by atoms with E-state index in [1.165, 1.54) is 26.2 Å². The van der Waals surface area contributed by atoms with E-state index < -0.39 is 24.7 Å². The molecule has 2 heterocycles. The van der Waals surface area contributed by atoms with Crippen molar-refractivity contribution in [1.29, 1.82) is 0 Å². The van der Waals surface area contributed by atoms with Crippen molar-refractivity contribution in [2.45, 2.75) is 39.0 Å². The van der Waals surface area contributed by atoms with Crippen LogP contribution in [0.3, 0.4) is 0 Å². The minimum atomic E-state index is -4.53. The van der Waals surface area contributed by atoms with Gasteiger partial charge in [0.1, 0.15) is 18.0 Å². The Bertz CT molecular complexity index is 949. The molecule has 2 unspecified atom stereocenters. The molecular formula is C22H29F3N4O5. The number of ether oxygens (including phenoxy) is 3. The number of carbonyl (C=O) groups excluding carboxylic acids is 2. The highest BCUT2D eigenvalue weighted by molar-refractivity contribution is 5.96. The van der Waals surface area contributed by atoms with Gasteiger partial charge in [-0.05, 0) is 31.6 Å². The number of pyridine rings is 1. The van der Waals surface area contributed by atoms with Crippen LogP contribution in [0.4, 0.5) is 13.2 Å². The summed E-state index contributed by atoms with van der Waals surface area (Å²) in [6.07, 6.45) is -0.833. The number of methoxy groups -OCH3 is 1. The summed E-state index contributed by atoms with van der Waals surface area (Å²) in [6, 6.07) is 1.95. The van der Waals surface area contributed by atoms with Crippen molar-refractivity contribution in [3.8, 4) is 11.8 Å². The van der Waals surface area contributed by atoms with E-state index in [1.807, 2.05) is 24.9 Å². The van der Waals surface area contributed by atoms with Gasteiger partial charge in [0, 0.05) is 33.2 Å². The second-order valence-corrected chi connectivity index (χ2v) is 7.67. The normalized spacial score (nSPS) is 16.8. The molecule has 0 saturated carbocycles. The average Bonchev–Trinajstić information content (AvgIpc) is 2.74. The van der Waals surface area contributed by atoms with Gasteiger partial charge in [0.05, 0.1) is 12.6 Å². The van der Waals surface area contributed by atoms with Crippen molar-refractivity contribution >= 4 is 11.8 Å². The van der Waals surface area contributed by atoms with E-state index in [4.69, 9.17) is 9.47 Å². The molecule has 0 radical (unpaired) electrons. The van der Waals surface area contributed by atoms with Gasteiger partial charge in [-0.2, -0.15) is 18.2 Å². The molecule has 34 heavy (non-hydrogen) atoms. The molecule has 0 aromatic carbocycles. The van der Waals surface area contributed by atoms with Crippen LogP contribution >= 0.6 is 0 Å². The van der Waals surface area contributed by atoms with Crippen LogP contribution in [0.1, 0.15) is 31.1 Å². The molecule has 0 saturated heterocycles. The smallest absolute Gasteiger partial charge is 0.422 e. The lowest BCUT2D eigenvalue weighted by atomic mass is 10.0. The van der Waals surface area contributed by atoms with Crippen molar-refractivity contribution in [2.24, 2.45) is 0 Å². The van der Waals surface area contributed by atoms with E-state index in [1.54, 1.807) is 13.0 Å². The lowest BCUT2D eigenvalue weighted by Gasteiger charge is -2.33. The Kier molecular flexibility index (Phi) is 9.30. The number of amides is 2. The highest BCUT2D eigenvalue weighted by atomic mass is 19.4. The highest BCUT2D eigenvalue weighted by Gasteiger charge is 2.29. The summed E-state index contributed by atoms with van der Waals surface area (Å²) in [5, 5.41) is 5.58. The highest BCUT2D eigenvalue weighted by Crippen LogP contribution is 2.24. The third kappa shape index (κ3) is 7.94. The zero-order valence-corrected chi connectivity index (χ0v) is 19.7. The fraction of sp³-hybridized carbons (Fsp3) is 0.500. The first-order valence-corrected chi connectivity index (χ1v) is 10.5. The Morgan fingerprint density at radius 2 is 1.94 bits per heavy atom. The third-order valence-electron chi connectivity index (χ3n) is 4.87. The molecule has 12 heteroatoms. The van der Waals surface area contributed by atoms with Crippen LogP contribution in [-0.4, -0.2) is 73.9 Å². The van der Waals surface area contributed by atoms with Crippen LogP contribution < -0.4 is 20.1 Å². The molecule has 2 rings (SSSR count). The molecule has 2 N–H and O–H groups in total. The molecule has 1 aliphatic rings. The van der Waals surface area contributed by atoms with Crippen molar-refractivity contribution in [3.63, 3.8) is 0 Å². The van der Waals surface area contributed by atoms with Gasteiger partial charge in [-0.3, -0.25) is 9.59 Å². The molecular weight excluding hydrogens is 457 g/mol. The lowest BCUT2D eigenvalue weighted by molar-refractivity contribution is -0.154. The maximum atomic E-state index is 13.0. The number of hydrogen-bond donors (Lipinski definition) is 2. The minimum Gasteiger partial charge on any atom is -0.475 e. The number of carbonyl (C=O) groups is 2. The summed E-state index contributed by atoms with van der Waals surface area (Å²) < 4.78 is 52.4. The number of nitrogens with one attached hydrogen (secondary N) is 2. The molecule has 0 spiro atoms. The van der Waals surface area contributed by atoms with Crippen molar-refractivity contribution in [1.82, 2.24) is 20.5 Å². The second-order valence-electron chi connectivity index (χ2n) is 7.67. The first-order valence-electron chi connectivity index (χ1n) is 10.5. The Morgan fingerprint density at radius 3 is 2.56 bits per heavy atom. The lowest BCUT2D eigenvalue weighted by Crippen LogP contribution is -2.41. The quantitative estimate of drug-likeness (QED) is 0.490. The van der Waals surface area contributed by atoms with Crippen LogP contribution in [0.5, 0.6) is 11.8 Å². The Balaban J connectivity index is 2.21. The zero-order valence-electron chi connectivity index (χ0n) is 19.7. The summed E-state index contributed by atoms with van der Waals surface area (Å²) >= 11 is 0. The summed E-state index contributed by atoms with van der Waals surface area (Å²) in [6.45, 7) is 3.80. The van der Waals surface area contributed by atoms with E-state index in [9.17, 15) is 22.8 Å². The average molecular weight is 486 g/mol. The predicted molar refractivity (Wildman–Crippen MR) is 117 cm³/mol. The fourth-order valence-electron chi connectivity index (χ4n) is 3.01. The first-order chi connectivity index (χ1) is 15.9. The Morgan fingerprint density at radius 1 is 1.24 bits per heavy atom. The van der Waals surface area contributed by atoms with E-state index >= 15 is 0 Å². The molecule has 1 aromatic heterocycles. The molecule has 0 bridgehead atoms. The Hall–Kier alpha value is -3.28. The minimum absolute atomic E-state index is 0.0231. The molecule has 0 aliphatic carbocycles. The van der Waals surface area contributed by atoms with E-state index in [0.29, 0.717) is 5.82 Å². The number of aromatic nitrogens is 1. The Labute approximate surface area is 195 Å². The van der Waals surface area contributed by atoms with Gasteiger partial charge in [-0.25, -0.2) is 0 Å². The van der Waals surface area contributed by atoms with Crippen molar-refractivity contribution in [3.05, 3.63) is 41.2 Å². The van der Waals surface area contributed by atoms with Crippen molar-refractivity contribution < 1.29 is 37.0 Å². The second kappa shape index (κ2) is 11.7. The number of rotatable bonds is 10. The topological polar surface area (TPSA) is 102 Å². The summed E-state index contributed by atoms with van der Waals surface area (Å²) in [5.41, 5.74) is 0.789. The third-order valence-corrected chi connectivity index (χ3v) is 4.87. The number of nitrogens with zero attached hydrogens (tertiary/aromatic N) is 2. The number of likely N-dealkylation sites (N-methyl/N-ethyl adjacent to an activating group) is 1. The summed E-state index contributed by atoms with van der Waals surface area (Å²) in [7, 11) is 3.29. The number of hydrogen-bond acceptors (Lipinski definition) is 7. The molecule has 2 atom stereocenters. The standard InChI is InChI=1S/C22H29F3N4O5/c1-13-10-16(11-18(29(13)4)27-15(3)30)14(2)26-20(31)17-6-7-19(34-12-22(23,24)25)28-21(17)33-9-8-32-5/h6-7,10-11,13-14H,8-9,12H2,1-5H3,(H,26,31)(H,27,30). The maximum absolute atomic E-state index is 13.0. The summed E-state index contributed by atoms with van der Waals surface area (Å²) in [5.74, 6) is -0.683. The predicted octanol–water partition coefficient (Wildman–Crippen LogP) is 2.40. The molecule has 1 aliphatic heterocycles. The molecule has 0 fully saturated rings. The van der Waals surface area contributed by atoms with Crippen molar-refractivity contribution in [2.75, 3.05) is 34.0 Å². The fourth-order valence-corrected chi connectivity index (χ4v) is 3.01. The van der Waals surface area contributed by atoms with Gasteiger partial charge in [0.25, 0.3) is 5.91 Å². The van der Waals surface area contributed by atoms with E-state index in [0.717, 1.165) is 5.57 Å². The van der Waals surface area contributed by atoms with Gasteiger partial charge < -0.3 is 29.7 Å². The monoisotopic (exact) mass is 486 g/mol. The zero-order chi connectivity index (χ0) is 25.5. The SMILES string of the molecule is COCCOc1nc(OCC(F)(F)F)ccc1C(=O)NC(C)C1=CC(C)N(C)C(NC(C)=O)=C1. The van der Waals surface area contributed by atoms with Gasteiger partial charge in [-0.1, -0.05) is 6.08 Å². The molecule has 188 valence electrons. The number of alkyl halides is 3. The van der Waals surface area contributed by atoms with Crippen LogP contribution in [0.15, 0.2) is 35.7 Å². The van der Waals surface area contributed by atoms with Crippen LogP contribution in [0, 0.1) is 0 Å². The van der Waals surface area contributed by atoms with Gasteiger partial charge in [-0.15, -0.1) is 0 Å². The molecule has 1 aromatic rings. The van der Waals surface area contributed by atoms with Crippen LogP contribution in [0.2, 0.25) is 0 Å². The number of halogens is 3. The van der Waals surface area contributed by atoms with Gasteiger partial charge >= 0.3 is 6.18 Å². The first kappa shape index (κ1) is 27.0. The molecule has 2 amide bonds. The van der Waals surface area contributed by atoms with Gasteiger partial charge in [0.15, 0.2) is 6.61 Å². The largest absolute Gasteiger partial charge is 0.475 e.